The minimum Gasteiger partial charge on any atom is -0.481 e. The fourth-order valence-electron chi connectivity index (χ4n) is 1.58. The lowest BCUT2D eigenvalue weighted by Crippen LogP contribution is -2.23. The molecule has 0 saturated heterocycles. The number of benzene rings is 1. The maximum absolute atomic E-state index is 11.9. The average Bonchev–Trinajstić information content (AvgIpc) is 2.34. The summed E-state index contributed by atoms with van der Waals surface area (Å²) in [5.74, 6) is 0.00288. The smallest absolute Gasteiger partial charge is 0.314 e. The summed E-state index contributed by atoms with van der Waals surface area (Å²) in [6.07, 6.45) is 6.42. The fraction of sp³-hybridized carbons (Fsp3) is 0.286. The molecule has 0 fully saturated rings. The molecule has 0 bridgehead atoms. The number of carbonyl (C=O) groups is 2. The molecule has 3 nitrogen and oxygen atoms in total. The van der Waals surface area contributed by atoms with Crippen molar-refractivity contribution in [2.45, 2.75) is 19.3 Å². The molecule has 0 amide bonds. The molecule has 17 heavy (non-hydrogen) atoms. The van der Waals surface area contributed by atoms with E-state index >= 15 is 0 Å². The van der Waals surface area contributed by atoms with Crippen molar-refractivity contribution in [1.29, 1.82) is 0 Å². The van der Waals surface area contributed by atoms with Gasteiger partial charge in [0.15, 0.2) is 5.78 Å². The summed E-state index contributed by atoms with van der Waals surface area (Å²) in [4.78, 5) is 23.0. The molecule has 1 N–H and O–H groups in total. The number of carbonyl (C=O) groups excluding carboxylic acids is 1. The van der Waals surface area contributed by atoms with Crippen LogP contribution in [0.25, 0.3) is 0 Å². The van der Waals surface area contributed by atoms with E-state index in [1.807, 2.05) is 0 Å². The Balaban J connectivity index is 2.75. The van der Waals surface area contributed by atoms with Crippen molar-refractivity contribution in [3.05, 3.63) is 35.9 Å². The van der Waals surface area contributed by atoms with E-state index in [0.29, 0.717) is 18.4 Å². The molecule has 88 valence electrons. The third-order valence-corrected chi connectivity index (χ3v) is 2.49. The van der Waals surface area contributed by atoms with E-state index in [1.165, 1.54) is 0 Å². The number of rotatable bonds is 6. The van der Waals surface area contributed by atoms with Gasteiger partial charge in [0, 0.05) is 12.0 Å². The van der Waals surface area contributed by atoms with Crippen molar-refractivity contribution in [2.24, 2.45) is 5.92 Å². The van der Waals surface area contributed by atoms with Crippen molar-refractivity contribution in [3.63, 3.8) is 0 Å². The first-order valence-corrected chi connectivity index (χ1v) is 5.42. The summed E-state index contributed by atoms with van der Waals surface area (Å²) in [5, 5.41) is 9.03. The molecular formula is C14H14O3. The summed E-state index contributed by atoms with van der Waals surface area (Å²) in [7, 11) is 0. The van der Waals surface area contributed by atoms with Gasteiger partial charge in [-0.2, -0.15) is 0 Å². The van der Waals surface area contributed by atoms with Crippen molar-refractivity contribution in [2.75, 3.05) is 0 Å². The Kier molecular flexibility index (Phi) is 4.96. The molecule has 0 aliphatic heterocycles. The highest BCUT2D eigenvalue weighted by molar-refractivity contribution is 6.08. The highest BCUT2D eigenvalue weighted by Crippen LogP contribution is 2.15. The lowest BCUT2D eigenvalue weighted by molar-refractivity contribution is -0.140. The Morgan fingerprint density at radius 3 is 2.47 bits per heavy atom. The van der Waals surface area contributed by atoms with Crippen molar-refractivity contribution in [1.82, 2.24) is 0 Å². The van der Waals surface area contributed by atoms with Crippen LogP contribution < -0.4 is 0 Å². The number of carboxylic acids is 1. The molecule has 0 heterocycles. The van der Waals surface area contributed by atoms with Gasteiger partial charge in [-0.15, -0.1) is 12.3 Å². The number of Topliss-reactive ketones (excluding diaryl/α,β-unsaturated/α-hetero) is 1. The van der Waals surface area contributed by atoms with Crippen LogP contribution >= 0.6 is 0 Å². The third-order valence-electron chi connectivity index (χ3n) is 2.49. The second kappa shape index (κ2) is 6.49. The summed E-state index contributed by atoms with van der Waals surface area (Å²) in [6.45, 7) is 0. The second-order valence-corrected chi connectivity index (χ2v) is 3.72. The number of hydrogen-bond donors (Lipinski definition) is 1. The molecule has 1 aromatic carbocycles. The van der Waals surface area contributed by atoms with Crippen LogP contribution in [0.1, 0.15) is 29.6 Å². The second-order valence-electron chi connectivity index (χ2n) is 3.72. The Morgan fingerprint density at radius 2 is 1.94 bits per heavy atom. The quantitative estimate of drug-likeness (QED) is 0.353. The zero-order valence-corrected chi connectivity index (χ0v) is 9.43. The first kappa shape index (κ1) is 13.0. The Labute approximate surface area is 100 Å². The van der Waals surface area contributed by atoms with Gasteiger partial charge in [0.05, 0.1) is 0 Å². The minimum absolute atomic E-state index is 0.285. The monoisotopic (exact) mass is 230 g/mol. The van der Waals surface area contributed by atoms with Gasteiger partial charge in [0.2, 0.25) is 0 Å². The van der Waals surface area contributed by atoms with Gasteiger partial charge in [-0.25, -0.2) is 0 Å². The molecule has 0 aromatic heterocycles. The Hall–Kier alpha value is -2.08. The van der Waals surface area contributed by atoms with E-state index in [1.54, 1.807) is 30.3 Å². The van der Waals surface area contributed by atoms with Crippen molar-refractivity contribution in [3.8, 4) is 12.3 Å². The Bertz CT molecular complexity index is 429. The number of unbranched alkanes of at least 4 members (excludes halogenated alkanes) is 1. The number of carboxylic acid groups (broad SMARTS) is 1. The zero-order chi connectivity index (χ0) is 12.7. The number of ketones is 1. The molecule has 0 aliphatic rings. The van der Waals surface area contributed by atoms with Crippen LogP contribution in [-0.2, 0) is 4.79 Å². The standard InChI is InChI=1S/C14H14O3/c1-2-3-5-10-12(14(16)17)13(15)11-8-6-4-7-9-11/h1,4,6-9,12H,3,5,10H2,(H,16,17). The van der Waals surface area contributed by atoms with Crippen LogP contribution in [0.3, 0.4) is 0 Å². The molecule has 3 heteroatoms. The van der Waals surface area contributed by atoms with Crippen molar-refractivity contribution < 1.29 is 14.7 Å². The van der Waals surface area contributed by atoms with Gasteiger partial charge in [-0.3, -0.25) is 9.59 Å². The third kappa shape index (κ3) is 3.76. The maximum Gasteiger partial charge on any atom is 0.314 e. The van der Waals surface area contributed by atoms with Gasteiger partial charge < -0.3 is 5.11 Å². The first-order valence-electron chi connectivity index (χ1n) is 5.42. The van der Waals surface area contributed by atoms with Crippen molar-refractivity contribution >= 4 is 11.8 Å². The van der Waals surface area contributed by atoms with E-state index in [0.717, 1.165) is 0 Å². The SMILES string of the molecule is C#CCCCC(C(=O)O)C(=O)c1ccccc1. The van der Waals surface area contributed by atoms with Crippen LogP contribution in [-0.4, -0.2) is 16.9 Å². The predicted molar refractivity (Wildman–Crippen MR) is 64.6 cm³/mol. The molecule has 1 rings (SSSR count). The summed E-state index contributed by atoms with van der Waals surface area (Å²) < 4.78 is 0. The van der Waals surface area contributed by atoms with Crippen LogP contribution in [0.4, 0.5) is 0 Å². The molecule has 0 spiro atoms. The zero-order valence-electron chi connectivity index (χ0n) is 9.43. The summed E-state index contributed by atoms with van der Waals surface area (Å²) in [6, 6.07) is 8.46. The summed E-state index contributed by atoms with van der Waals surface area (Å²) >= 11 is 0. The Morgan fingerprint density at radius 1 is 1.29 bits per heavy atom. The molecule has 0 saturated carbocycles. The number of terminal acetylenes is 1. The van der Waals surface area contributed by atoms with E-state index < -0.39 is 11.9 Å². The summed E-state index contributed by atoms with van der Waals surface area (Å²) in [5.41, 5.74) is 0.431. The molecule has 0 radical (unpaired) electrons. The lowest BCUT2D eigenvalue weighted by atomic mass is 9.93. The number of hydrogen-bond acceptors (Lipinski definition) is 2. The van der Waals surface area contributed by atoms with Gasteiger partial charge >= 0.3 is 5.97 Å². The maximum atomic E-state index is 11.9. The predicted octanol–water partition coefficient (Wildman–Crippen LogP) is 2.37. The molecule has 0 aliphatic carbocycles. The minimum atomic E-state index is -1.09. The molecule has 1 aromatic rings. The normalized spacial score (nSPS) is 11.5. The topological polar surface area (TPSA) is 54.4 Å². The van der Waals surface area contributed by atoms with E-state index in [-0.39, 0.29) is 12.2 Å². The van der Waals surface area contributed by atoms with Gasteiger partial charge in [-0.1, -0.05) is 30.3 Å². The molecule has 1 atom stereocenters. The fourth-order valence-corrected chi connectivity index (χ4v) is 1.58. The van der Waals surface area contributed by atoms with E-state index in [9.17, 15) is 9.59 Å². The molecular weight excluding hydrogens is 216 g/mol. The van der Waals surface area contributed by atoms with Crippen LogP contribution in [0, 0.1) is 18.3 Å². The highest BCUT2D eigenvalue weighted by Gasteiger charge is 2.26. The largest absolute Gasteiger partial charge is 0.481 e. The van der Waals surface area contributed by atoms with Crippen LogP contribution in [0.15, 0.2) is 30.3 Å². The van der Waals surface area contributed by atoms with E-state index in [4.69, 9.17) is 11.5 Å². The lowest BCUT2D eigenvalue weighted by Gasteiger charge is -2.10. The van der Waals surface area contributed by atoms with Gasteiger partial charge in [0.25, 0.3) is 0 Å². The average molecular weight is 230 g/mol. The number of aliphatic carboxylic acids is 1. The van der Waals surface area contributed by atoms with Gasteiger partial charge in [0.1, 0.15) is 5.92 Å². The molecule has 1 unspecified atom stereocenters. The first-order chi connectivity index (χ1) is 8.16. The van der Waals surface area contributed by atoms with Crippen LogP contribution in [0.5, 0.6) is 0 Å². The van der Waals surface area contributed by atoms with Crippen LogP contribution in [0.2, 0.25) is 0 Å². The van der Waals surface area contributed by atoms with Gasteiger partial charge in [-0.05, 0) is 12.8 Å². The highest BCUT2D eigenvalue weighted by atomic mass is 16.4. The van der Waals surface area contributed by atoms with E-state index in [2.05, 4.69) is 5.92 Å².